The van der Waals surface area contributed by atoms with Gasteiger partial charge in [-0.3, -0.25) is 0 Å². The van der Waals surface area contributed by atoms with E-state index in [-0.39, 0.29) is 15.3 Å². The van der Waals surface area contributed by atoms with Gasteiger partial charge in [-0.25, -0.2) is 17.5 Å². The van der Waals surface area contributed by atoms with Crippen LogP contribution in [0, 0.1) is 11.2 Å². The summed E-state index contributed by atoms with van der Waals surface area (Å²) in [7, 11) is -2.04. The fourth-order valence-corrected chi connectivity index (χ4v) is 3.84. The molecule has 1 aromatic rings. The Morgan fingerprint density at radius 2 is 2.05 bits per heavy atom. The van der Waals surface area contributed by atoms with Crippen molar-refractivity contribution in [2.45, 2.75) is 37.6 Å². The Hall–Kier alpha value is -0.690. The summed E-state index contributed by atoms with van der Waals surface area (Å²) in [5.74, 6) is -0.723. The van der Waals surface area contributed by atoms with E-state index in [0.717, 1.165) is 25.3 Å². The van der Waals surface area contributed by atoms with Crippen LogP contribution >= 0.6 is 11.6 Å². The average molecular weight is 335 g/mol. The van der Waals surface area contributed by atoms with Gasteiger partial charge in [-0.1, -0.05) is 24.9 Å². The molecule has 0 radical (unpaired) electrons. The van der Waals surface area contributed by atoms with Crippen LogP contribution < -0.4 is 10.0 Å². The normalized spacial score (nSPS) is 17.5. The Morgan fingerprint density at radius 1 is 1.38 bits per heavy atom. The summed E-state index contributed by atoms with van der Waals surface area (Å²) in [5.41, 5.74) is 0.445. The highest BCUT2D eigenvalue weighted by molar-refractivity contribution is 7.89. The van der Waals surface area contributed by atoms with Gasteiger partial charge in [0.05, 0.1) is 9.92 Å². The third kappa shape index (κ3) is 3.74. The molecule has 0 unspecified atom stereocenters. The fourth-order valence-electron chi connectivity index (χ4n) is 2.40. The molecule has 1 saturated carbocycles. The first-order chi connectivity index (χ1) is 9.77. The summed E-state index contributed by atoms with van der Waals surface area (Å²) in [6.07, 6.45) is 3.14. The Labute approximate surface area is 130 Å². The van der Waals surface area contributed by atoms with Gasteiger partial charge >= 0.3 is 0 Å². The first-order valence-electron chi connectivity index (χ1n) is 6.90. The molecule has 1 aliphatic rings. The molecule has 1 fully saturated rings. The molecule has 1 aliphatic carbocycles. The molecule has 0 atom stereocenters. The van der Waals surface area contributed by atoms with Gasteiger partial charge in [0.2, 0.25) is 10.0 Å². The molecule has 0 heterocycles. The molecule has 118 valence electrons. The summed E-state index contributed by atoms with van der Waals surface area (Å²) in [6, 6.07) is 2.38. The molecular formula is C14H20ClFN2O2S. The molecule has 7 heteroatoms. The minimum atomic E-state index is -3.73. The van der Waals surface area contributed by atoms with E-state index in [0.29, 0.717) is 18.7 Å². The molecule has 2 N–H and O–H groups in total. The highest BCUT2D eigenvalue weighted by Gasteiger charge is 2.33. The SMILES string of the molecule is CNCc1cc(S(=O)(=O)NCC2(C)CCC2)cc(F)c1Cl. The van der Waals surface area contributed by atoms with Gasteiger partial charge in [0.25, 0.3) is 0 Å². The maximum Gasteiger partial charge on any atom is 0.240 e. The molecule has 1 aromatic carbocycles. The average Bonchev–Trinajstić information content (AvgIpc) is 2.39. The first-order valence-corrected chi connectivity index (χ1v) is 8.76. The van der Waals surface area contributed by atoms with E-state index in [1.807, 2.05) is 6.92 Å². The van der Waals surface area contributed by atoms with Crippen LogP contribution in [0.25, 0.3) is 0 Å². The fraction of sp³-hybridized carbons (Fsp3) is 0.571. The maximum atomic E-state index is 13.8. The topological polar surface area (TPSA) is 58.2 Å². The van der Waals surface area contributed by atoms with Crippen molar-refractivity contribution in [3.8, 4) is 0 Å². The Bertz CT molecular complexity index is 630. The van der Waals surface area contributed by atoms with Crippen molar-refractivity contribution in [1.82, 2.24) is 10.0 Å². The van der Waals surface area contributed by atoms with Gasteiger partial charge in [-0.2, -0.15) is 0 Å². The lowest BCUT2D eigenvalue weighted by Gasteiger charge is -2.38. The molecule has 0 bridgehead atoms. The molecule has 0 saturated heterocycles. The monoisotopic (exact) mass is 334 g/mol. The van der Waals surface area contributed by atoms with Crippen molar-refractivity contribution < 1.29 is 12.8 Å². The van der Waals surface area contributed by atoms with Crippen LogP contribution in [-0.4, -0.2) is 22.0 Å². The number of benzene rings is 1. The Kier molecular flexibility index (Phi) is 4.92. The molecule has 4 nitrogen and oxygen atoms in total. The van der Waals surface area contributed by atoms with E-state index in [4.69, 9.17) is 11.6 Å². The standard InChI is InChI=1S/C14H20ClFN2O2S/c1-14(4-3-5-14)9-18-21(19,20)11-6-10(8-17-2)13(15)12(16)7-11/h6-7,17-18H,3-5,8-9H2,1-2H3. The highest BCUT2D eigenvalue weighted by atomic mass is 35.5. The third-order valence-corrected chi connectivity index (χ3v) is 5.81. The lowest BCUT2D eigenvalue weighted by atomic mass is 9.71. The van der Waals surface area contributed by atoms with E-state index in [2.05, 4.69) is 10.0 Å². The summed E-state index contributed by atoms with van der Waals surface area (Å²) in [4.78, 5) is -0.0856. The van der Waals surface area contributed by atoms with Gasteiger partial charge in [-0.05, 0) is 43.0 Å². The van der Waals surface area contributed by atoms with E-state index in [9.17, 15) is 12.8 Å². The number of sulfonamides is 1. The second-order valence-electron chi connectivity index (χ2n) is 5.90. The lowest BCUT2D eigenvalue weighted by Crippen LogP contribution is -2.39. The van der Waals surface area contributed by atoms with Gasteiger partial charge in [0.15, 0.2) is 0 Å². The molecule has 0 aromatic heterocycles. The summed E-state index contributed by atoms with van der Waals surface area (Å²) in [5, 5.41) is 2.79. The zero-order chi connectivity index (χ0) is 15.7. The van der Waals surface area contributed by atoms with Gasteiger partial charge < -0.3 is 5.32 Å². The molecule has 0 amide bonds. The smallest absolute Gasteiger partial charge is 0.240 e. The minimum Gasteiger partial charge on any atom is -0.316 e. The van der Waals surface area contributed by atoms with E-state index >= 15 is 0 Å². The first kappa shape index (κ1) is 16.7. The number of nitrogens with one attached hydrogen (secondary N) is 2. The third-order valence-electron chi connectivity index (χ3n) is 4.00. The Balaban J connectivity index is 2.22. The molecule has 0 spiro atoms. The van der Waals surface area contributed by atoms with Gasteiger partial charge in [-0.15, -0.1) is 0 Å². The van der Waals surface area contributed by atoms with Crippen molar-refractivity contribution in [3.63, 3.8) is 0 Å². The van der Waals surface area contributed by atoms with Crippen LogP contribution in [0.5, 0.6) is 0 Å². The van der Waals surface area contributed by atoms with Gasteiger partial charge in [0.1, 0.15) is 5.82 Å². The molecule has 21 heavy (non-hydrogen) atoms. The van der Waals surface area contributed by atoms with Crippen LogP contribution in [0.1, 0.15) is 31.7 Å². The molecule has 0 aliphatic heterocycles. The van der Waals surface area contributed by atoms with E-state index in [1.54, 1.807) is 7.05 Å². The van der Waals surface area contributed by atoms with Crippen LogP contribution in [-0.2, 0) is 16.6 Å². The summed E-state index contributed by atoms with van der Waals surface area (Å²) in [6.45, 7) is 2.73. The second kappa shape index (κ2) is 6.20. The summed E-state index contributed by atoms with van der Waals surface area (Å²) < 4.78 is 41.0. The zero-order valence-corrected chi connectivity index (χ0v) is 13.7. The van der Waals surface area contributed by atoms with Crippen molar-refractivity contribution in [2.75, 3.05) is 13.6 Å². The molecular weight excluding hydrogens is 315 g/mol. The lowest BCUT2D eigenvalue weighted by molar-refractivity contribution is 0.166. The van der Waals surface area contributed by atoms with Crippen LogP contribution in [0.2, 0.25) is 5.02 Å². The van der Waals surface area contributed by atoms with Crippen LogP contribution in [0.3, 0.4) is 0 Å². The highest BCUT2D eigenvalue weighted by Crippen LogP contribution is 2.39. The molecule has 2 rings (SSSR count). The largest absolute Gasteiger partial charge is 0.316 e. The quantitative estimate of drug-likeness (QED) is 0.841. The number of hydrogen-bond donors (Lipinski definition) is 2. The summed E-state index contributed by atoms with van der Waals surface area (Å²) >= 11 is 5.85. The number of rotatable bonds is 6. The Morgan fingerprint density at radius 3 is 2.57 bits per heavy atom. The van der Waals surface area contributed by atoms with E-state index in [1.165, 1.54) is 6.07 Å². The maximum absolute atomic E-state index is 13.8. The van der Waals surface area contributed by atoms with Crippen LogP contribution in [0.15, 0.2) is 17.0 Å². The van der Waals surface area contributed by atoms with Gasteiger partial charge in [0, 0.05) is 13.1 Å². The predicted octanol–water partition coefficient (Wildman–Crippen LogP) is 2.67. The van der Waals surface area contributed by atoms with Crippen molar-refractivity contribution in [1.29, 1.82) is 0 Å². The van der Waals surface area contributed by atoms with Crippen LogP contribution in [0.4, 0.5) is 4.39 Å². The van der Waals surface area contributed by atoms with Crippen molar-refractivity contribution >= 4 is 21.6 Å². The second-order valence-corrected chi connectivity index (χ2v) is 8.04. The zero-order valence-electron chi connectivity index (χ0n) is 12.2. The minimum absolute atomic E-state index is 0.0197. The number of halogens is 2. The van der Waals surface area contributed by atoms with Crippen molar-refractivity contribution in [2.24, 2.45) is 5.41 Å². The van der Waals surface area contributed by atoms with Crippen molar-refractivity contribution in [3.05, 3.63) is 28.5 Å². The predicted molar refractivity (Wildman–Crippen MR) is 81.3 cm³/mol. The van der Waals surface area contributed by atoms with E-state index < -0.39 is 15.8 Å². The number of hydrogen-bond acceptors (Lipinski definition) is 3.